The number of carbonyl (C=O) groups excluding carboxylic acids is 2. The van der Waals surface area contributed by atoms with E-state index in [2.05, 4.69) is 26.6 Å². The number of likely N-dealkylation sites (tertiary alicyclic amines) is 1. The van der Waals surface area contributed by atoms with Crippen LogP contribution in [0.25, 0.3) is 11.6 Å². The average molecular weight is 474 g/mol. The summed E-state index contributed by atoms with van der Waals surface area (Å²) < 4.78 is 0. The first-order chi connectivity index (χ1) is 17.1. The van der Waals surface area contributed by atoms with Crippen LogP contribution in [-0.4, -0.2) is 72.4 Å². The van der Waals surface area contributed by atoms with Crippen LogP contribution in [0.5, 0.6) is 0 Å². The number of aromatic nitrogens is 1. The fraction of sp³-hybridized carbons (Fsp3) is 0.500. The van der Waals surface area contributed by atoms with Gasteiger partial charge < -0.3 is 25.4 Å². The van der Waals surface area contributed by atoms with Gasteiger partial charge in [0.05, 0.1) is 11.1 Å². The summed E-state index contributed by atoms with van der Waals surface area (Å²) in [5.41, 5.74) is 7.52. The Labute approximate surface area is 206 Å². The highest BCUT2D eigenvalue weighted by molar-refractivity contribution is 6.35. The molecule has 0 bridgehead atoms. The van der Waals surface area contributed by atoms with Gasteiger partial charge in [0.15, 0.2) is 0 Å². The van der Waals surface area contributed by atoms with Crippen molar-refractivity contribution in [2.24, 2.45) is 0 Å². The Hall–Kier alpha value is -2.90. The maximum absolute atomic E-state index is 13.4. The molecule has 2 amide bonds. The molecule has 7 heteroatoms. The normalized spacial score (nSPS) is 22.1. The van der Waals surface area contributed by atoms with Gasteiger partial charge in [0.25, 0.3) is 11.8 Å². The molecule has 0 spiro atoms. The summed E-state index contributed by atoms with van der Waals surface area (Å²) in [6.45, 7) is 8.82. The van der Waals surface area contributed by atoms with Gasteiger partial charge in [0, 0.05) is 48.7 Å². The highest BCUT2D eigenvalue weighted by Gasteiger charge is 2.32. The van der Waals surface area contributed by atoms with E-state index in [0.29, 0.717) is 11.5 Å². The number of fused-ring (bicyclic) bond motifs is 2. The Morgan fingerprint density at radius 1 is 1.03 bits per heavy atom. The second kappa shape index (κ2) is 9.28. The molecular weight excluding hydrogens is 438 g/mol. The summed E-state index contributed by atoms with van der Waals surface area (Å²) in [7, 11) is 0. The minimum Gasteiger partial charge on any atom is -0.358 e. The quantitative estimate of drug-likeness (QED) is 0.582. The summed E-state index contributed by atoms with van der Waals surface area (Å²) in [4.78, 5) is 34.4. The number of benzene rings is 1. The van der Waals surface area contributed by atoms with Crippen LogP contribution in [0.15, 0.2) is 18.2 Å². The lowest BCUT2D eigenvalue weighted by Gasteiger charge is -2.29. The number of aromatic amines is 1. The fourth-order valence-corrected chi connectivity index (χ4v) is 6.32. The number of nitrogens with one attached hydrogen (secondary N) is 3. The zero-order valence-corrected chi connectivity index (χ0v) is 20.6. The molecule has 0 radical (unpaired) electrons. The van der Waals surface area contributed by atoms with Crippen LogP contribution >= 0.6 is 0 Å². The molecule has 5 heterocycles. The van der Waals surface area contributed by atoms with Gasteiger partial charge in [-0.2, -0.15) is 0 Å². The second-order valence-electron chi connectivity index (χ2n) is 10.4. The third kappa shape index (κ3) is 4.10. The van der Waals surface area contributed by atoms with E-state index in [-0.39, 0.29) is 11.8 Å². The lowest BCUT2D eigenvalue weighted by atomic mass is 9.85. The van der Waals surface area contributed by atoms with E-state index in [4.69, 9.17) is 0 Å². The summed E-state index contributed by atoms with van der Waals surface area (Å²) in [5, 5.41) is 6.51. The molecule has 35 heavy (non-hydrogen) atoms. The van der Waals surface area contributed by atoms with Crippen molar-refractivity contribution in [2.75, 3.05) is 51.1 Å². The van der Waals surface area contributed by atoms with Gasteiger partial charge in [-0.05, 0) is 88.0 Å². The molecule has 0 saturated carbocycles. The van der Waals surface area contributed by atoms with Crippen LogP contribution in [0.1, 0.15) is 70.0 Å². The van der Waals surface area contributed by atoms with Gasteiger partial charge in [-0.3, -0.25) is 9.59 Å². The zero-order valence-electron chi connectivity index (χ0n) is 20.6. The molecule has 0 atom stereocenters. The first-order valence-corrected chi connectivity index (χ1v) is 13.2. The van der Waals surface area contributed by atoms with E-state index in [9.17, 15) is 9.59 Å². The molecule has 7 nitrogen and oxygen atoms in total. The Morgan fingerprint density at radius 3 is 2.63 bits per heavy atom. The van der Waals surface area contributed by atoms with E-state index >= 15 is 0 Å². The standard InChI is InChI=1S/C28H35N5O2/c1-18-24(30-23-9-14-33(28(35)25(18)23)16-15-32-12-2-3-13-32)17-21-26-20(19-7-10-29-11-8-19)5-4-6-22(26)31-27(21)34/h4-6,17,19,29-30H,2-3,7-16H2,1H3,(H,31,34). The molecule has 2 aromatic rings. The molecular formula is C28H35N5O2. The summed E-state index contributed by atoms with van der Waals surface area (Å²) in [6, 6.07) is 6.22. The van der Waals surface area contributed by atoms with Crippen LogP contribution in [0.3, 0.4) is 0 Å². The topological polar surface area (TPSA) is 80.5 Å². The highest BCUT2D eigenvalue weighted by atomic mass is 16.2. The Kier molecular flexibility index (Phi) is 5.98. The summed E-state index contributed by atoms with van der Waals surface area (Å²) in [5.74, 6) is 0.508. The number of H-pyrrole nitrogens is 1. The maximum Gasteiger partial charge on any atom is 0.256 e. The predicted octanol–water partition coefficient (Wildman–Crippen LogP) is 3.38. The molecule has 2 fully saturated rings. The molecule has 0 unspecified atom stereocenters. The lowest BCUT2D eigenvalue weighted by Crippen LogP contribution is -2.42. The van der Waals surface area contributed by atoms with Gasteiger partial charge in [0.2, 0.25) is 0 Å². The van der Waals surface area contributed by atoms with Gasteiger partial charge in [-0.25, -0.2) is 0 Å². The maximum atomic E-state index is 13.4. The van der Waals surface area contributed by atoms with Gasteiger partial charge >= 0.3 is 0 Å². The largest absolute Gasteiger partial charge is 0.358 e. The Morgan fingerprint density at radius 2 is 1.83 bits per heavy atom. The highest BCUT2D eigenvalue weighted by Crippen LogP contribution is 2.41. The van der Waals surface area contributed by atoms with Crippen molar-refractivity contribution in [3.05, 3.63) is 51.8 Å². The third-order valence-electron chi connectivity index (χ3n) is 8.31. The van der Waals surface area contributed by atoms with Crippen LogP contribution in [0.4, 0.5) is 5.69 Å². The minimum absolute atomic E-state index is 0.0630. The zero-order chi connectivity index (χ0) is 23.9. The number of carbonyl (C=O) groups is 2. The van der Waals surface area contributed by atoms with Gasteiger partial charge in [-0.1, -0.05) is 12.1 Å². The average Bonchev–Trinajstić information content (AvgIpc) is 3.58. The number of hydrogen-bond donors (Lipinski definition) is 3. The summed E-state index contributed by atoms with van der Waals surface area (Å²) >= 11 is 0. The van der Waals surface area contributed by atoms with Crippen molar-refractivity contribution in [3.8, 4) is 0 Å². The predicted molar refractivity (Wildman–Crippen MR) is 139 cm³/mol. The Bertz CT molecular complexity index is 1180. The van der Waals surface area contributed by atoms with E-state index < -0.39 is 0 Å². The van der Waals surface area contributed by atoms with Crippen molar-refractivity contribution in [1.29, 1.82) is 0 Å². The van der Waals surface area contributed by atoms with E-state index in [0.717, 1.165) is 98.8 Å². The van der Waals surface area contributed by atoms with E-state index in [1.54, 1.807) is 0 Å². The number of hydrogen-bond acceptors (Lipinski definition) is 4. The van der Waals surface area contributed by atoms with Gasteiger partial charge in [-0.15, -0.1) is 0 Å². The summed E-state index contributed by atoms with van der Waals surface area (Å²) in [6.07, 6.45) is 7.49. The van der Waals surface area contributed by atoms with Crippen molar-refractivity contribution in [3.63, 3.8) is 0 Å². The van der Waals surface area contributed by atoms with E-state index in [1.807, 2.05) is 30.0 Å². The van der Waals surface area contributed by atoms with Crippen LogP contribution in [0, 0.1) is 6.92 Å². The van der Waals surface area contributed by atoms with Crippen molar-refractivity contribution in [2.45, 2.75) is 44.9 Å². The monoisotopic (exact) mass is 473 g/mol. The molecule has 4 aliphatic heterocycles. The molecule has 6 rings (SSSR count). The lowest BCUT2D eigenvalue weighted by molar-refractivity contribution is -0.110. The van der Waals surface area contributed by atoms with Gasteiger partial charge in [0.1, 0.15) is 0 Å². The van der Waals surface area contributed by atoms with Crippen LogP contribution < -0.4 is 10.6 Å². The fourth-order valence-electron chi connectivity index (χ4n) is 6.32. The molecule has 2 saturated heterocycles. The Balaban J connectivity index is 1.30. The second-order valence-corrected chi connectivity index (χ2v) is 10.4. The number of amides is 2. The molecule has 3 N–H and O–H groups in total. The van der Waals surface area contributed by atoms with Crippen LogP contribution in [0.2, 0.25) is 0 Å². The van der Waals surface area contributed by atoms with Crippen molar-refractivity contribution in [1.82, 2.24) is 20.1 Å². The van der Waals surface area contributed by atoms with Crippen molar-refractivity contribution < 1.29 is 9.59 Å². The minimum atomic E-state index is -0.0630. The SMILES string of the molecule is Cc1c(C=C2C(=O)Nc3cccc(C4CCNCC4)c32)[nH]c2c1C(=O)N(CCN1CCCC1)CC2. The molecule has 1 aromatic carbocycles. The molecule has 0 aliphatic carbocycles. The molecule has 184 valence electrons. The smallest absolute Gasteiger partial charge is 0.256 e. The first kappa shape index (κ1) is 22.6. The molecule has 4 aliphatic rings. The third-order valence-corrected chi connectivity index (χ3v) is 8.31. The number of nitrogens with zero attached hydrogens (tertiary/aromatic N) is 2. The van der Waals surface area contributed by atoms with Crippen LogP contribution in [-0.2, 0) is 11.2 Å². The number of anilines is 1. The number of piperidine rings is 1. The first-order valence-electron chi connectivity index (χ1n) is 13.2. The molecule has 1 aromatic heterocycles. The number of rotatable bonds is 5. The van der Waals surface area contributed by atoms with Crippen molar-refractivity contribution >= 4 is 29.2 Å². The van der Waals surface area contributed by atoms with E-state index in [1.165, 1.54) is 18.4 Å².